The fraction of sp³-hybridized carbons (Fsp3) is 0.900. The standard InChI is InChI=1S/C20H22F16O7S.Na/c21-13(22)17(29,30)19(33,34)15(25,26)5-1-3-7-40-11(37)9-10(44-43-42-39)12(38)41-8-4-2-6-16(27,28)20(35,36)18(31,32)14(23)24;/h10,13-14,39H,1-9H2;/q;+1/p-1. The van der Waals surface area contributed by atoms with Crippen molar-refractivity contribution >= 4 is 24.0 Å². The van der Waals surface area contributed by atoms with E-state index in [0.29, 0.717) is 0 Å². The summed E-state index contributed by atoms with van der Waals surface area (Å²) in [7, 11) is 0. The number of alkyl halides is 16. The van der Waals surface area contributed by atoms with Gasteiger partial charge >= 0.3 is 89.9 Å². The van der Waals surface area contributed by atoms with Crippen LogP contribution in [0.3, 0.4) is 0 Å². The summed E-state index contributed by atoms with van der Waals surface area (Å²) in [4.78, 5) is 23.8. The average Bonchev–Trinajstić information content (AvgIpc) is 2.89. The van der Waals surface area contributed by atoms with E-state index in [0.717, 1.165) is 0 Å². The Hall–Kier alpha value is -0.950. The summed E-state index contributed by atoms with van der Waals surface area (Å²) in [6, 6.07) is 0. The van der Waals surface area contributed by atoms with Gasteiger partial charge in [-0.3, -0.25) is 14.6 Å². The molecule has 0 heterocycles. The van der Waals surface area contributed by atoms with Crippen molar-refractivity contribution in [2.75, 3.05) is 13.2 Å². The van der Waals surface area contributed by atoms with Crippen LogP contribution >= 0.6 is 12.0 Å². The second kappa shape index (κ2) is 18.6. The van der Waals surface area contributed by atoms with Gasteiger partial charge in [0.1, 0.15) is 5.25 Å². The van der Waals surface area contributed by atoms with Crippen molar-refractivity contribution in [3.8, 4) is 0 Å². The second-order valence-corrected chi connectivity index (χ2v) is 9.53. The van der Waals surface area contributed by atoms with Gasteiger partial charge in [-0.05, 0) is 25.7 Å². The predicted molar refractivity (Wildman–Crippen MR) is 109 cm³/mol. The van der Waals surface area contributed by atoms with E-state index in [1.807, 2.05) is 0 Å². The van der Waals surface area contributed by atoms with Crippen LogP contribution in [0.15, 0.2) is 0 Å². The Kier molecular flexibility index (Phi) is 19.0. The van der Waals surface area contributed by atoms with Gasteiger partial charge in [0.2, 0.25) is 0 Å². The van der Waals surface area contributed by atoms with Crippen LogP contribution in [-0.4, -0.2) is 78.8 Å². The fourth-order valence-corrected chi connectivity index (χ4v) is 3.33. The van der Waals surface area contributed by atoms with Gasteiger partial charge in [-0.15, -0.1) is 0 Å². The topological polar surface area (TPSA) is 94.1 Å². The first kappa shape index (κ1) is 46.2. The first-order chi connectivity index (χ1) is 19.8. The Balaban J connectivity index is 0. The molecule has 45 heavy (non-hydrogen) atoms. The van der Waals surface area contributed by atoms with Gasteiger partial charge < -0.3 is 14.7 Å². The summed E-state index contributed by atoms with van der Waals surface area (Å²) >= 11 is -0.209. The Labute approximate surface area is 268 Å². The molecule has 262 valence electrons. The minimum Gasteiger partial charge on any atom is -0.691 e. The molecule has 0 radical (unpaired) electrons. The smallest absolute Gasteiger partial charge is 0.691 e. The van der Waals surface area contributed by atoms with Crippen LogP contribution in [0.4, 0.5) is 70.2 Å². The van der Waals surface area contributed by atoms with Crippen LogP contribution in [0.2, 0.25) is 0 Å². The van der Waals surface area contributed by atoms with E-state index >= 15 is 0 Å². The molecule has 0 aliphatic rings. The van der Waals surface area contributed by atoms with Crippen LogP contribution in [-0.2, 0) is 28.4 Å². The molecule has 0 fully saturated rings. The van der Waals surface area contributed by atoms with Crippen molar-refractivity contribution in [3.63, 3.8) is 0 Å². The van der Waals surface area contributed by atoms with Gasteiger partial charge in [0.25, 0.3) is 0 Å². The maximum atomic E-state index is 13.5. The number of rotatable bonds is 22. The van der Waals surface area contributed by atoms with Crippen molar-refractivity contribution < 1.29 is 133 Å². The largest absolute Gasteiger partial charge is 1.00 e. The molecule has 0 aliphatic carbocycles. The van der Waals surface area contributed by atoms with E-state index in [1.165, 1.54) is 0 Å². The molecular formula is C20H21F16NaO7S. The molecule has 0 aromatic rings. The van der Waals surface area contributed by atoms with E-state index in [1.54, 1.807) is 0 Å². The molecule has 25 heteroatoms. The fourth-order valence-electron chi connectivity index (χ4n) is 2.86. The number of carbonyl (C=O) groups is 2. The third kappa shape index (κ3) is 12.2. The zero-order valence-electron chi connectivity index (χ0n) is 22.4. The van der Waals surface area contributed by atoms with Crippen molar-refractivity contribution in [2.24, 2.45) is 0 Å². The summed E-state index contributed by atoms with van der Waals surface area (Å²) in [5.74, 6) is -39.7. The van der Waals surface area contributed by atoms with E-state index in [4.69, 9.17) is 0 Å². The number of carbonyl (C=O) groups excluding carboxylic acids is 2. The summed E-state index contributed by atoms with van der Waals surface area (Å²) < 4.78 is 219. The number of halogens is 16. The summed E-state index contributed by atoms with van der Waals surface area (Å²) in [6.07, 6.45) is -19.0. The quantitative estimate of drug-likeness (QED) is 0.0319. The van der Waals surface area contributed by atoms with Crippen molar-refractivity contribution in [2.45, 2.75) is 98.6 Å². The number of ether oxygens (including phenoxy) is 2. The summed E-state index contributed by atoms with van der Waals surface area (Å²) in [6.45, 7) is -1.79. The van der Waals surface area contributed by atoms with Gasteiger partial charge in [-0.25, -0.2) is 17.6 Å². The normalized spacial score (nSPS) is 14.4. The van der Waals surface area contributed by atoms with E-state index < -0.39 is 124 Å². The second-order valence-electron chi connectivity index (χ2n) is 8.63. The summed E-state index contributed by atoms with van der Waals surface area (Å²) in [5.41, 5.74) is 0. The molecule has 0 saturated heterocycles. The molecule has 0 aliphatic heterocycles. The van der Waals surface area contributed by atoms with E-state index in [9.17, 15) is 85.1 Å². The Morgan fingerprint density at radius 3 is 1.38 bits per heavy atom. The van der Waals surface area contributed by atoms with Gasteiger partial charge in [-0.1, -0.05) is 0 Å². The van der Waals surface area contributed by atoms with Gasteiger partial charge in [-0.2, -0.15) is 57.0 Å². The molecule has 0 rings (SSSR count). The zero-order valence-corrected chi connectivity index (χ0v) is 25.2. The van der Waals surface area contributed by atoms with E-state index in [-0.39, 0.29) is 41.6 Å². The molecule has 1 unspecified atom stereocenters. The monoisotopic (exact) mass is 732 g/mol. The van der Waals surface area contributed by atoms with E-state index in [2.05, 4.69) is 18.8 Å². The van der Waals surface area contributed by atoms with Crippen LogP contribution in [0.1, 0.15) is 44.9 Å². The SMILES string of the molecule is O=C(CC(SOO[O-])C(=O)OCCCCC(F)(F)C(F)(F)C(F)(F)C(F)F)OCCCCC(F)(F)C(F)(F)C(F)(F)C(F)F.[Na+]. The van der Waals surface area contributed by atoms with Crippen LogP contribution in [0.25, 0.3) is 0 Å². The van der Waals surface area contributed by atoms with Crippen molar-refractivity contribution in [1.29, 1.82) is 0 Å². The maximum absolute atomic E-state index is 13.5. The molecule has 0 bridgehead atoms. The molecule has 0 spiro atoms. The predicted octanol–water partition coefficient (Wildman–Crippen LogP) is 3.39. The van der Waals surface area contributed by atoms with Crippen molar-refractivity contribution in [1.82, 2.24) is 0 Å². The number of esters is 2. The third-order valence-corrected chi connectivity index (χ3v) is 6.11. The van der Waals surface area contributed by atoms with Gasteiger partial charge in [0.05, 0.1) is 19.6 Å². The minimum absolute atomic E-state index is 0. The third-order valence-electron chi connectivity index (χ3n) is 5.38. The number of hydrogen-bond donors (Lipinski definition) is 0. The molecule has 0 aromatic carbocycles. The minimum atomic E-state index is -6.45. The molecular weight excluding hydrogens is 711 g/mol. The average molecular weight is 732 g/mol. The van der Waals surface area contributed by atoms with Crippen molar-refractivity contribution in [3.05, 3.63) is 0 Å². The first-order valence-electron chi connectivity index (χ1n) is 11.6. The van der Waals surface area contributed by atoms with Gasteiger partial charge in [0, 0.05) is 24.9 Å². The molecule has 0 saturated carbocycles. The summed E-state index contributed by atoms with van der Waals surface area (Å²) in [5, 5.41) is 11.0. The Morgan fingerprint density at radius 1 is 0.644 bits per heavy atom. The molecule has 7 nitrogen and oxygen atoms in total. The molecule has 0 aromatic heterocycles. The zero-order chi connectivity index (χ0) is 34.8. The number of hydrogen-bond acceptors (Lipinski definition) is 8. The van der Waals surface area contributed by atoms with Crippen LogP contribution in [0, 0.1) is 0 Å². The number of unbranched alkanes of at least 4 members (excludes halogenated alkanes) is 2. The first-order valence-corrected chi connectivity index (χ1v) is 12.4. The molecule has 0 N–H and O–H groups in total. The molecule has 1 atom stereocenters. The molecule has 0 amide bonds. The van der Waals surface area contributed by atoms with Crippen LogP contribution < -0.4 is 34.8 Å². The maximum Gasteiger partial charge on any atom is 1.00 e. The van der Waals surface area contributed by atoms with Gasteiger partial charge in [0.15, 0.2) is 0 Å². The Morgan fingerprint density at radius 2 is 1.02 bits per heavy atom. The Bertz CT molecular complexity index is 914. The van der Waals surface area contributed by atoms with Crippen LogP contribution in [0.5, 0.6) is 0 Å².